The Labute approximate surface area is 98.1 Å². The third kappa shape index (κ3) is 5.64. The standard InChI is InChI=1S/C14H21NO/c1-2-3-4-5-6-7-14(16)12-13-8-10-15-11-9-13/h8-11H,2-7,12H2,1H3. The van der Waals surface area contributed by atoms with Gasteiger partial charge in [0.25, 0.3) is 0 Å². The molecule has 0 saturated carbocycles. The molecular formula is C14H21NO. The number of pyridine rings is 1. The van der Waals surface area contributed by atoms with E-state index in [1.165, 1.54) is 25.7 Å². The second-order valence-corrected chi connectivity index (χ2v) is 4.24. The van der Waals surface area contributed by atoms with Crippen LogP contribution in [0.4, 0.5) is 0 Å². The summed E-state index contributed by atoms with van der Waals surface area (Å²) in [5, 5.41) is 0. The van der Waals surface area contributed by atoms with Crippen molar-refractivity contribution in [3.63, 3.8) is 0 Å². The van der Waals surface area contributed by atoms with Crippen LogP contribution in [0.5, 0.6) is 0 Å². The molecule has 1 aromatic heterocycles. The first-order chi connectivity index (χ1) is 7.83. The predicted molar refractivity (Wildman–Crippen MR) is 66.3 cm³/mol. The molecule has 16 heavy (non-hydrogen) atoms. The molecule has 0 spiro atoms. The molecule has 0 saturated heterocycles. The molecule has 1 rings (SSSR count). The molecule has 0 aliphatic carbocycles. The van der Waals surface area contributed by atoms with Crippen molar-refractivity contribution < 1.29 is 4.79 Å². The van der Waals surface area contributed by atoms with E-state index in [9.17, 15) is 4.79 Å². The number of carbonyl (C=O) groups excluding carboxylic acids is 1. The van der Waals surface area contributed by atoms with Gasteiger partial charge in [-0.25, -0.2) is 0 Å². The molecule has 2 nitrogen and oxygen atoms in total. The van der Waals surface area contributed by atoms with E-state index in [1.54, 1.807) is 12.4 Å². The van der Waals surface area contributed by atoms with E-state index in [4.69, 9.17) is 0 Å². The van der Waals surface area contributed by atoms with Gasteiger partial charge in [0.2, 0.25) is 0 Å². The van der Waals surface area contributed by atoms with Gasteiger partial charge in [0, 0.05) is 25.2 Å². The maximum Gasteiger partial charge on any atom is 0.137 e. The van der Waals surface area contributed by atoms with Crippen LogP contribution in [0, 0.1) is 0 Å². The number of rotatable bonds is 8. The lowest BCUT2D eigenvalue weighted by molar-refractivity contribution is -0.118. The molecule has 0 fully saturated rings. The topological polar surface area (TPSA) is 30.0 Å². The van der Waals surface area contributed by atoms with Gasteiger partial charge in [-0.3, -0.25) is 9.78 Å². The summed E-state index contributed by atoms with van der Waals surface area (Å²) < 4.78 is 0. The molecule has 0 bridgehead atoms. The fourth-order valence-electron chi connectivity index (χ4n) is 1.74. The lowest BCUT2D eigenvalue weighted by atomic mass is 10.0. The largest absolute Gasteiger partial charge is 0.299 e. The first kappa shape index (κ1) is 12.9. The second kappa shape index (κ2) is 8.03. The Morgan fingerprint density at radius 1 is 1.12 bits per heavy atom. The summed E-state index contributed by atoms with van der Waals surface area (Å²) >= 11 is 0. The Bertz CT molecular complexity index is 295. The fraction of sp³-hybridized carbons (Fsp3) is 0.571. The summed E-state index contributed by atoms with van der Waals surface area (Å²) in [7, 11) is 0. The van der Waals surface area contributed by atoms with E-state index in [0.29, 0.717) is 12.2 Å². The SMILES string of the molecule is CCCCCCCC(=O)Cc1ccncc1. The van der Waals surface area contributed by atoms with Crippen LogP contribution in [-0.4, -0.2) is 10.8 Å². The Balaban J connectivity index is 2.12. The van der Waals surface area contributed by atoms with Gasteiger partial charge >= 0.3 is 0 Å². The molecule has 0 N–H and O–H groups in total. The molecule has 0 atom stereocenters. The third-order valence-electron chi connectivity index (χ3n) is 2.71. The van der Waals surface area contributed by atoms with Crippen LogP contribution in [0.15, 0.2) is 24.5 Å². The number of nitrogens with zero attached hydrogens (tertiary/aromatic N) is 1. The van der Waals surface area contributed by atoms with Gasteiger partial charge in [0.05, 0.1) is 0 Å². The maximum atomic E-state index is 11.6. The fourth-order valence-corrected chi connectivity index (χ4v) is 1.74. The zero-order valence-electron chi connectivity index (χ0n) is 10.1. The second-order valence-electron chi connectivity index (χ2n) is 4.24. The first-order valence-electron chi connectivity index (χ1n) is 6.23. The van der Waals surface area contributed by atoms with Gasteiger partial charge in [-0.1, -0.05) is 32.6 Å². The minimum atomic E-state index is 0.350. The molecule has 0 amide bonds. The van der Waals surface area contributed by atoms with Crippen LogP contribution in [0.2, 0.25) is 0 Å². The number of hydrogen-bond acceptors (Lipinski definition) is 2. The minimum Gasteiger partial charge on any atom is -0.299 e. The van der Waals surface area contributed by atoms with Gasteiger partial charge in [0.1, 0.15) is 5.78 Å². The van der Waals surface area contributed by atoms with Crippen molar-refractivity contribution in [1.82, 2.24) is 4.98 Å². The normalized spacial score (nSPS) is 10.3. The Kier molecular flexibility index (Phi) is 6.47. The molecule has 1 aromatic rings. The first-order valence-corrected chi connectivity index (χ1v) is 6.23. The molecule has 0 aromatic carbocycles. The van der Waals surface area contributed by atoms with Crippen LogP contribution in [0.1, 0.15) is 51.0 Å². The van der Waals surface area contributed by atoms with Gasteiger partial charge in [-0.2, -0.15) is 0 Å². The average molecular weight is 219 g/mol. The van der Waals surface area contributed by atoms with E-state index < -0.39 is 0 Å². The van der Waals surface area contributed by atoms with Gasteiger partial charge < -0.3 is 0 Å². The summed E-state index contributed by atoms with van der Waals surface area (Å²) in [6.07, 6.45) is 10.8. The molecule has 0 unspecified atom stereocenters. The number of unbranched alkanes of at least 4 members (excludes halogenated alkanes) is 4. The van der Waals surface area contributed by atoms with Gasteiger partial charge in [0.15, 0.2) is 0 Å². The predicted octanol–water partition coefficient (Wildman–Crippen LogP) is 3.55. The number of Topliss-reactive ketones (excluding diaryl/α,β-unsaturated/α-hetero) is 1. The van der Waals surface area contributed by atoms with Crippen LogP contribution in [0.25, 0.3) is 0 Å². The molecular weight excluding hydrogens is 198 g/mol. The summed E-state index contributed by atoms with van der Waals surface area (Å²) in [4.78, 5) is 15.6. The maximum absolute atomic E-state index is 11.6. The number of ketones is 1. The lowest BCUT2D eigenvalue weighted by Gasteiger charge is -2.01. The number of hydrogen-bond donors (Lipinski definition) is 0. The zero-order chi connectivity index (χ0) is 11.6. The molecule has 0 aliphatic heterocycles. The highest BCUT2D eigenvalue weighted by molar-refractivity contribution is 5.80. The molecule has 0 radical (unpaired) electrons. The molecule has 1 heterocycles. The monoisotopic (exact) mass is 219 g/mol. The molecule has 0 aliphatic rings. The molecule has 88 valence electrons. The highest BCUT2D eigenvalue weighted by atomic mass is 16.1. The summed E-state index contributed by atoms with van der Waals surface area (Å²) in [6.45, 7) is 2.20. The van der Waals surface area contributed by atoms with E-state index in [0.717, 1.165) is 18.4 Å². The van der Waals surface area contributed by atoms with E-state index in [2.05, 4.69) is 11.9 Å². The van der Waals surface area contributed by atoms with Crippen LogP contribution in [0.3, 0.4) is 0 Å². The van der Waals surface area contributed by atoms with Crippen molar-refractivity contribution in [2.45, 2.75) is 51.9 Å². The minimum absolute atomic E-state index is 0.350. The van der Waals surface area contributed by atoms with Crippen molar-refractivity contribution >= 4 is 5.78 Å². The Morgan fingerprint density at radius 2 is 1.81 bits per heavy atom. The van der Waals surface area contributed by atoms with E-state index in [-0.39, 0.29) is 0 Å². The van der Waals surface area contributed by atoms with E-state index in [1.807, 2.05) is 12.1 Å². The smallest absolute Gasteiger partial charge is 0.137 e. The van der Waals surface area contributed by atoms with Crippen LogP contribution >= 0.6 is 0 Å². The number of carbonyl (C=O) groups is 1. The third-order valence-corrected chi connectivity index (χ3v) is 2.71. The quantitative estimate of drug-likeness (QED) is 0.626. The van der Waals surface area contributed by atoms with Crippen molar-refractivity contribution in [3.8, 4) is 0 Å². The lowest BCUT2D eigenvalue weighted by Crippen LogP contribution is -2.02. The highest BCUT2D eigenvalue weighted by Gasteiger charge is 2.02. The van der Waals surface area contributed by atoms with E-state index >= 15 is 0 Å². The highest BCUT2D eigenvalue weighted by Crippen LogP contribution is 2.07. The summed E-state index contributed by atoms with van der Waals surface area (Å²) in [6, 6.07) is 3.82. The van der Waals surface area contributed by atoms with Crippen LogP contribution < -0.4 is 0 Å². The van der Waals surface area contributed by atoms with Gasteiger partial charge in [-0.05, 0) is 24.1 Å². The average Bonchev–Trinajstić information content (AvgIpc) is 2.30. The number of aromatic nitrogens is 1. The van der Waals surface area contributed by atoms with Crippen LogP contribution in [-0.2, 0) is 11.2 Å². The Hall–Kier alpha value is -1.18. The Morgan fingerprint density at radius 3 is 2.50 bits per heavy atom. The summed E-state index contributed by atoms with van der Waals surface area (Å²) in [5.74, 6) is 0.350. The summed E-state index contributed by atoms with van der Waals surface area (Å²) in [5.41, 5.74) is 1.08. The van der Waals surface area contributed by atoms with Crippen molar-refractivity contribution in [2.75, 3.05) is 0 Å². The van der Waals surface area contributed by atoms with Gasteiger partial charge in [-0.15, -0.1) is 0 Å². The van der Waals surface area contributed by atoms with Crippen molar-refractivity contribution in [3.05, 3.63) is 30.1 Å². The van der Waals surface area contributed by atoms with Crippen molar-refractivity contribution in [1.29, 1.82) is 0 Å². The molecule has 2 heteroatoms. The van der Waals surface area contributed by atoms with Crippen molar-refractivity contribution in [2.24, 2.45) is 0 Å². The zero-order valence-corrected chi connectivity index (χ0v) is 10.1.